The minimum Gasteiger partial charge on any atom is -0.371 e. The van der Waals surface area contributed by atoms with Gasteiger partial charge in [-0.15, -0.1) is 0 Å². The van der Waals surface area contributed by atoms with Gasteiger partial charge in [0.15, 0.2) is 17.0 Å². The maximum atomic E-state index is 12.7. The maximum Gasteiger partial charge on any atom is 0.280 e. The standard InChI is InChI=1S/C21H18N8O2/c1-27-10-23-20-18(27)21(30)29(11-24-20)9-16-25-19(26-31-16)17-14-7-28(8-15(14)17)13-4-2-12(6-22)3-5-13/h2-5,10-11,14-15,17H,7-9H2,1H3/t14-,15+,17-. The SMILES string of the molecule is Cn1cnc2ncn(Cc3nc([C@@H]4[C@@H]5CN(c6ccc(C#N)cc6)C[C@@H]54)no3)c(=O)c21. The van der Waals surface area contributed by atoms with Gasteiger partial charge in [0.25, 0.3) is 5.56 Å². The summed E-state index contributed by atoms with van der Waals surface area (Å²) in [5.74, 6) is 2.40. The molecule has 1 aliphatic heterocycles. The van der Waals surface area contributed by atoms with Crippen molar-refractivity contribution >= 4 is 16.9 Å². The Bertz CT molecular complexity index is 1380. The molecular formula is C21H18N8O2. The lowest BCUT2D eigenvalue weighted by Gasteiger charge is -2.21. The van der Waals surface area contributed by atoms with Crippen LogP contribution in [0.3, 0.4) is 0 Å². The van der Waals surface area contributed by atoms with Gasteiger partial charge in [-0.1, -0.05) is 5.16 Å². The summed E-state index contributed by atoms with van der Waals surface area (Å²) in [6.45, 7) is 2.05. The van der Waals surface area contributed by atoms with E-state index in [-0.39, 0.29) is 12.1 Å². The molecule has 0 radical (unpaired) electrons. The van der Waals surface area contributed by atoms with Gasteiger partial charge < -0.3 is 14.0 Å². The summed E-state index contributed by atoms with van der Waals surface area (Å²) in [5.41, 5.74) is 2.49. The van der Waals surface area contributed by atoms with Crippen molar-refractivity contribution in [2.75, 3.05) is 18.0 Å². The van der Waals surface area contributed by atoms with E-state index in [9.17, 15) is 4.79 Å². The molecule has 154 valence electrons. The second kappa shape index (κ2) is 6.50. The van der Waals surface area contributed by atoms with Gasteiger partial charge >= 0.3 is 0 Å². The van der Waals surface area contributed by atoms with Crippen LogP contribution in [0.25, 0.3) is 11.2 Å². The molecule has 4 aromatic rings. The summed E-state index contributed by atoms with van der Waals surface area (Å²) in [4.78, 5) is 27.9. The zero-order valence-corrected chi connectivity index (χ0v) is 16.7. The summed E-state index contributed by atoms with van der Waals surface area (Å²) in [7, 11) is 1.76. The van der Waals surface area contributed by atoms with Gasteiger partial charge in [-0.05, 0) is 36.1 Å². The van der Waals surface area contributed by atoms with Crippen molar-refractivity contribution in [3.05, 3.63) is 64.6 Å². The maximum absolute atomic E-state index is 12.7. The minimum absolute atomic E-state index is 0.180. The van der Waals surface area contributed by atoms with Crippen molar-refractivity contribution < 1.29 is 4.52 Å². The third-order valence-electron chi connectivity index (χ3n) is 6.34. The first-order chi connectivity index (χ1) is 15.1. The summed E-state index contributed by atoms with van der Waals surface area (Å²) < 4.78 is 8.55. The zero-order valence-electron chi connectivity index (χ0n) is 16.7. The molecule has 0 bridgehead atoms. The largest absolute Gasteiger partial charge is 0.371 e. The molecule has 3 atom stereocenters. The van der Waals surface area contributed by atoms with Gasteiger partial charge in [-0.3, -0.25) is 9.36 Å². The van der Waals surface area contributed by atoms with Crippen LogP contribution >= 0.6 is 0 Å². The van der Waals surface area contributed by atoms with E-state index in [0.29, 0.717) is 46.2 Å². The molecule has 31 heavy (non-hydrogen) atoms. The van der Waals surface area contributed by atoms with E-state index < -0.39 is 0 Å². The van der Waals surface area contributed by atoms with E-state index in [1.54, 1.807) is 17.9 Å². The van der Waals surface area contributed by atoms with Gasteiger partial charge in [0, 0.05) is 31.7 Å². The minimum atomic E-state index is -0.189. The number of hydrogen-bond donors (Lipinski definition) is 0. The van der Waals surface area contributed by atoms with Gasteiger partial charge in [0.2, 0.25) is 5.89 Å². The molecule has 0 N–H and O–H groups in total. The molecule has 10 heteroatoms. The Morgan fingerprint density at radius 2 is 1.90 bits per heavy atom. The topological polar surface area (TPSA) is 119 Å². The van der Waals surface area contributed by atoms with Crippen molar-refractivity contribution in [1.29, 1.82) is 5.26 Å². The van der Waals surface area contributed by atoms with E-state index in [2.05, 4.69) is 31.1 Å². The third-order valence-corrected chi connectivity index (χ3v) is 6.34. The van der Waals surface area contributed by atoms with Crippen LogP contribution in [-0.4, -0.2) is 42.3 Å². The molecule has 4 heterocycles. The van der Waals surface area contributed by atoms with Crippen LogP contribution in [0.4, 0.5) is 5.69 Å². The number of nitriles is 1. The van der Waals surface area contributed by atoms with Gasteiger partial charge in [-0.25, -0.2) is 9.97 Å². The van der Waals surface area contributed by atoms with Crippen LogP contribution in [0.15, 0.2) is 46.2 Å². The Labute approximate surface area is 176 Å². The molecule has 1 aromatic carbocycles. The average Bonchev–Trinajstić information content (AvgIpc) is 3.21. The monoisotopic (exact) mass is 414 g/mol. The number of fused-ring (bicyclic) bond motifs is 2. The van der Waals surface area contributed by atoms with Crippen molar-refractivity contribution in [2.45, 2.75) is 12.5 Å². The lowest BCUT2D eigenvalue weighted by Crippen LogP contribution is -2.23. The molecule has 2 aliphatic rings. The fourth-order valence-corrected chi connectivity index (χ4v) is 4.66. The predicted octanol–water partition coefficient (Wildman–Crippen LogP) is 1.28. The molecule has 2 fully saturated rings. The third kappa shape index (κ3) is 2.81. The fourth-order valence-electron chi connectivity index (χ4n) is 4.66. The number of hydrogen-bond acceptors (Lipinski definition) is 8. The van der Waals surface area contributed by atoms with Crippen molar-refractivity contribution in [2.24, 2.45) is 18.9 Å². The number of piperidine rings is 1. The van der Waals surface area contributed by atoms with Gasteiger partial charge in [0.05, 0.1) is 18.0 Å². The van der Waals surface area contributed by atoms with E-state index >= 15 is 0 Å². The first-order valence-corrected chi connectivity index (χ1v) is 10.1. The predicted molar refractivity (Wildman–Crippen MR) is 109 cm³/mol. The quantitative estimate of drug-likeness (QED) is 0.490. The summed E-state index contributed by atoms with van der Waals surface area (Å²) in [6, 6.07) is 9.84. The Morgan fingerprint density at radius 3 is 2.65 bits per heavy atom. The fraction of sp³-hybridized carbons (Fsp3) is 0.333. The zero-order chi connectivity index (χ0) is 21.1. The number of rotatable bonds is 4. The highest BCUT2D eigenvalue weighted by atomic mass is 16.5. The lowest BCUT2D eigenvalue weighted by atomic mass is 10.2. The second-order valence-corrected chi connectivity index (χ2v) is 8.17. The van der Waals surface area contributed by atoms with E-state index in [1.165, 1.54) is 10.9 Å². The van der Waals surface area contributed by atoms with E-state index in [1.807, 2.05) is 24.3 Å². The van der Waals surface area contributed by atoms with Crippen LogP contribution in [0.1, 0.15) is 23.2 Å². The molecule has 1 saturated heterocycles. The number of aryl methyl sites for hydroxylation is 1. The molecule has 0 spiro atoms. The number of imidazole rings is 1. The van der Waals surface area contributed by atoms with Crippen LogP contribution in [0.2, 0.25) is 0 Å². The Morgan fingerprint density at radius 1 is 1.16 bits per heavy atom. The van der Waals surface area contributed by atoms with Crippen LogP contribution in [0.5, 0.6) is 0 Å². The van der Waals surface area contributed by atoms with Gasteiger partial charge in [-0.2, -0.15) is 10.2 Å². The van der Waals surface area contributed by atoms with Crippen LogP contribution < -0.4 is 10.5 Å². The van der Waals surface area contributed by atoms with Crippen LogP contribution in [0, 0.1) is 23.2 Å². The normalized spacial score (nSPS) is 21.9. The Hall–Kier alpha value is -4.00. The lowest BCUT2D eigenvalue weighted by molar-refractivity contribution is 0.363. The van der Waals surface area contributed by atoms with E-state index in [0.717, 1.165) is 18.8 Å². The number of benzene rings is 1. The molecule has 0 unspecified atom stereocenters. The highest BCUT2D eigenvalue weighted by Crippen LogP contribution is 2.57. The number of nitrogens with zero attached hydrogens (tertiary/aromatic N) is 8. The first-order valence-electron chi connectivity index (χ1n) is 10.1. The Balaban J connectivity index is 1.15. The Kier molecular flexibility index (Phi) is 3.74. The highest BCUT2D eigenvalue weighted by Gasteiger charge is 2.58. The van der Waals surface area contributed by atoms with E-state index in [4.69, 9.17) is 9.78 Å². The van der Waals surface area contributed by atoms with Crippen molar-refractivity contribution in [3.63, 3.8) is 0 Å². The molecule has 1 aliphatic carbocycles. The summed E-state index contributed by atoms with van der Waals surface area (Å²) >= 11 is 0. The second-order valence-electron chi connectivity index (χ2n) is 8.17. The average molecular weight is 414 g/mol. The smallest absolute Gasteiger partial charge is 0.280 e. The number of anilines is 1. The molecular weight excluding hydrogens is 396 g/mol. The molecule has 3 aromatic heterocycles. The molecule has 1 saturated carbocycles. The van der Waals surface area contributed by atoms with Crippen molar-refractivity contribution in [1.82, 2.24) is 29.2 Å². The summed E-state index contributed by atoms with van der Waals surface area (Å²) in [5, 5.41) is 13.1. The molecule has 10 nitrogen and oxygen atoms in total. The summed E-state index contributed by atoms with van der Waals surface area (Å²) in [6.07, 6.45) is 3.03. The van der Waals surface area contributed by atoms with Crippen LogP contribution in [-0.2, 0) is 13.6 Å². The first kappa shape index (κ1) is 17.8. The van der Waals surface area contributed by atoms with Crippen molar-refractivity contribution in [3.8, 4) is 6.07 Å². The number of aromatic nitrogens is 6. The molecule has 0 amide bonds. The van der Waals surface area contributed by atoms with Gasteiger partial charge in [0.1, 0.15) is 12.9 Å². The highest BCUT2D eigenvalue weighted by molar-refractivity contribution is 5.68. The molecule has 6 rings (SSSR count).